The number of benzene rings is 2. The Morgan fingerprint density at radius 2 is 1.73 bits per heavy atom. The first-order chi connectivity index (χ1) is 15.8. The predicted molar refractivity (Wildman–Crippen MR) is 123 cm³/mol. The quantitative estimate of drug-likeness (QED) is 0.351. The summed E-state index contributed by atoms with van der Waals surface area (Å²) in [5.74, 6) is -0.319. The molecule has 1 fully saturated rings. The summed E-state index contributed by atoms with van der Waals surface area (Å²) in [6.07, 6.45) is -0.00363. The fraction of sp³-hybridized carbons (Fsp3) is 0.360. The van der Waals surface area contributed by atoms with Gasteiger partial charge in [-0.15, -0.1) is 0 Å². The second kappa shape index (κ2) is 10.4. The van der Waals surface area contributed by atoms with E-state index in [1.165, 1.54) is 26.2 Å². The van der Waals surface area contributed by atoms with E-state index in [9.17, 15) is 14.7 Å². The summed E-state index contributed by atoms with van der Waals surface area (Å²) >= 11 is 0. The molecule has 1 unspecified atom stereocenters. The molecule has 1 atom stereocenters. The van der Waals surface area contributed by atoms with E-state index < -0.39 is 17.7 Å². The highest BCUT2D eigenvalue weighted by molar-refractivity contribution is 6.46. The Morgan fingerprint density at radius 3 is 2.30 bits per heavy atom. The number of nitrogens with zero attached hydrogens (tertiary/aromatic N) is 1. The minimum Gasteiger partial charge on any atom is -0.507 e. The van der Waals surface area contributed by atoms with Crippen LogP contribution in [0, 0.1) is 0 Å². The summed E-state index contributed by atoms with van der Waals surface area (Å²) in [6.45, 7) is 4.20. The number of rotatable bonds is 9. The van der Waals surface area contributed by atoms with E-state index >= 15 is 0 Å². The number of carbonyl (C=O) groups excluding carboxylic acids is 2. The van der Waals surface area contributed by atoms with E-state index in [1.807, 2.05) is 13.8 Å². The van der Waals surface area contributed by atoms with Crippen molar-refractivity contribution in [3.8, 4) is 17.2 Å². The van der Waals surface area contributed by atoms with Crippen LogP contribution in [0.25, 0.3) is 5.76 Å². The third kappa shape index (κ3) is 4.80. The van der Waals surface area contributed by atoms with Crippen molar-refractivity contribution in [2.24, 2.45) is 0 Å². The van der Waals surface area contributed by atoms with Crippen molar-refractivity contribution in [3.63, 3.8) is 0 Å². The molecule has 8 nitrogen and oxygen atoms in total. The van der Waals surface area contributed by atoms with Crippen molar-refractivity contribution < 1.29 is 33.6 Å². The predicted octanol–water partition coefficient (Wildman–Crippen LogP) is 3.56. The Balaban J connectivity index is 2.17. The lowest BCUT2D eigenvalue weighted by molar-refractivity contribution is -0.140. The molecular weight excluding hydrogens is 426 g/mol. The number of likely N-dealkylation sites (tertiary alicyclic amines) is 1. The molecule has 0 saturated carbocycles. The highest BCUT2D eigenvalue weighted by atomic mass is 16.5. The van der Waals surface area contributed by atoms with Crippen molar-refractivity contribution in [2.45, 2.75) is 26.0 Å². The average molecular weight is 456 g/mol. The molecule has 0 aromatic heterocycles. The van der Waals surface area contributed by atoms with Crippen molar-refractivity contribution in [3.05, 3.63) is 59.2 Å². The highest BCUT2D eigenvalue weighted by Gasteiger charge is 2.47. The molecule has 1 aliphatic rings. The van der Waals surface area contributed by atoms with Gasteiger partial charge in [0.1, 0.15) is 11.5 Å². The van der Waals surface area contributed by atoms with Gasteiger partial charge in [0, 0.05) is 24.8 Å². The van der Waals surface area contributed by atoms with Crippen molar-refractivity contribution in [1.29, 1.82) is 0 Å². The number of para-hydroxylation sites is 1. The second-order valence-corrected chi connectivity index (χ2v) is 7.76. The molecule has 2 aromatic rings. The topological polar surface area (TPSA) is 94.5 Å². The fourth-order valence-corrected chi connectivity index (χ4v) is 3.87. The maximum atomic E-state index is 13.1. The van der Waals surface area contributed by atoms with Gasteiger partial charge in [-0.3, -0.25) is 9.59 Å². The Morgan fingerprint density at radius 1 is 1.03 bits per heavy atom. The summed E-state index contributed by atoms with van der Waals surface area (Å²) in [7, 11) is 4.50. The van der Waals surface area contributed by atoms with Crippen LogP contribution < -0.4 is 14.2 Å². The molecule has 0 radical (unpaired) electrons. The molecule has 0 spiro atoms. The molecule has 1 N–H and O–H groups in total. The van der Waals surface area contributed by atoms with Gasteiger partial charge < -0.3 is 29.0 Å². The van der Waals surface area contributed by atoms with E-state index in [0.29, 0.717) is 28.4 Å². The molecule has 176 valence electrons. The summed E-state index contributed by atoms with van der Waals surface area (Å²) in [5.41, 5.74) is 0.886. The number of aliphatic hydroxyl groups is 1. The molecule has 0 aliphatic carbocycles. The zero-order chi connectivity index (χ0) is 24.1. The lowest BCUT2D eigenvalue weighted by Crippen LogP contribution is -2.32. The van der Waals surface area contributed by atoms with Crippen LogP contribution in [0.5, 0.6) is 17.2 Å². The largest absolute Gasteiger partial charge is 0.507 e. The molecule has 8 heteroatoms. The van der Waals surface area contributed by atoms with E-state index in [0.717, 1.165) is 0 Å². The molecule has 0 bridgehead atoms. The minimum atomic E-state index is -0.878. The molecule has 1 heterocycles. The van der Waals surface area contributed by atoms with Gasteiger partial charge in [0.15, 0.2) is 11.5 Å². The first kappa shape index (κ1) is 24.1. The Bertz CT molecular complexity index is 1040. The molecule has 33 heavy (non-hydrogen) atoms. The lowest BCUT2D eigenvalue weighted by Gasteiger charge is -2.27. The molecule has 3 rings (SSSR count). The van der Waals surface area contributed by atoms with Gasteiger partial charge in [0.25, 0.3) is 11.7 Å². The third-order valence-corrected chi connectivity index (χ3v) is 5.30. The van der Waals surface area contributed by atoms with Crippen LogP contribution in [0.4, 0.5) is 0 Å². The highest BCUT2D eigenvalue weighted by Crippen LogP contribution is 2.45. The van der Waals surface area contributed by atoms with Crippen LogP contribution in [0.2, 0.25) is 0 Å². The van der Waals surface area contributed by atoms with Crippen LogP contribution in [0.1, 0.15) is 31.0 Å². The van der Waals surface area contributed by atoms with E-state index in [1.54, 1.807) is 42.5 Å². The van der Waals surface area contributed by atoms with E-state index in [4.69, 9.17) is 18.9 Å². The van der Waals surface area contributed by atoms with Gasteiger partial charge in [0.2, 0.25) is 0 Å². The zero-order valence-corrected chi connectivity index (χ0v) is 19.5. The van der Waals surface area contributed by atoms with Crippen LogP contribution in [0.3, 0.4) is 0 Å². The number of carbonyl (C=O) groups is 2. The molecule has 1 aliphatic heterocycles. The normalized spacial score (nSPS) is 17.5. The van der Waals surface area contributed by atoms with Crippen LogP contribution in [-0.2, 0) is 14.3 Å². The van der Waals surface area contributed by atoms with E-state index in [2.05, 4.69) is 0 Å². The first-order valence-electron chi connectivity index (χ1n) is 10.6. The molecular formula is C25H29NO7. The monoisotopic (exact) mass is 455 g/mol. The molecule has 1 amide bonds. The SMILES string of the molecule is COCCN1C(=O)C(=O)/C(=C(/O)c2ccc(OC(C)C)cc2)C1c1cccc(OC)c1OC. The third-order valence-electron chi connectivity index (χ3n) is 5.30. The zero-order valence-electron chi connectivity index (χ0n) is 19.5. The van der Waals surface area contributed by atoms with Gasteiger partial charge in [-0.1, -0.05) is 12.1 Å². The number of methoxy groups -OCH3 is 3. The fourth-order valence-electron chi connectivity index (χ4n) is 3.87. The number of Topliss-reactive ketones (excluding diaryl/α,β-unsaturated/α-hetero) is 1. The maximum absolute atomic E-state index is 13.1. The van der Waals surface area contributed by atoms with Gasteiger partial charge in [0.05, 0.1) is 38.5 Å². The van der Waals surface area contributed by atoms with Crippen LogP contribution in [-0.4, -0.2) is 62.3 Å². The summed E-state index contributed by atoms with van der Waals surface area (Å²) in [4.78, 5) is 27.4. The number of amides is 1. The van der Waals surface area contributed by atoms with Crippen molar-refractivity contribution in [1.82, 2.24) is 4.90 Å². The first-order valence-corrected chi connectivity index (χ1v) is 10.6. The molecule has 2 aromatic carbocycles. The number of ketones is 1. The average Bonchev–Trinajstić information content (AvgIpc) is 3.06. The van der Waals surface area contributed by atoms with Gasteiger partial charge in [-0.05, 0) is 44.2 Å². The lowest BCUT2D eigenvalue weighted by atomic mass is 9.94. The van der Waals surface area contributed by atoms with Crippen molar-refractivity contribution >= 4 is 17.4 Å². The molecule has 1 saturated heterocycles. The van der Waals surface area contributed by atoms with Gasteiger partial charge in [-0.2, -0.15) is 0 Å². The summed E-state index contributed by atoms with van der Waals surface area (Å²) in [6, 6.07) is 11.0. The van der Waals surface area contributed by atoms with Crippen LogP contribution >= 0.6 is 0 Å². The van der Waals surface area contributed by atoms with E-state index in [-0.39, 0.29) is 30.6 Å². The number of ether oxygens (including phenoxy) is 4. The Kier molecular flexibility index (Phi) is 7.60. The number of hydrogen-bond acceptors (Lipinski definition) is 7. The second-order valence-electron chi connectivity index (χ2n) is 7.76. The van der Waals surface area contributed by atoms with Gasteiger partial charge >= 0.3 is 0 Å². The summed E-state index contributed by atoms with van der Waals surface area (Å²) in [5, 5.41) is 11.2. The summed E-state index contributed by atoms with van der Waals surface area (Å²) < 4.78 is 21.8. The number of aliphatic hydroxyl groups excluding tert-OH is 1. The Labute approximate surface area is 193 Å². The standard InChI is InChI=1S/C25H29NO7/c1-15(2)33-17-11-9-16(10-12-17)22(27)20-21(26(13-14-30-3)25(29)23(20)28)18-7-6-8-19(31-4)24(18)32-5/h6-12,15,21,27H,13-14H2,1-5H3/b22-20+. The number of hydrogen-bond donors (Lipinski definition) is 1. The van der Waals surface area contributed by atoms with Crippen molar-refractivity contribution in [2.75, 3.05) is 34.5 Å². The van der Waals surface area contributed by atoms with Gasteiger partial charge in [-0.25, -0.2) is 0 Å². The minimum absolute atomic E-state index is 0.00363. The smallest absolute Gasteiger partial charge is 0.295 e. The Hall–Kier alpha value is -3.52. The maximum Gasteiger partial charge on any atom is 0.295 e. The van der Waals surface area contributed by atoms with Crippen LogP contribution in [0.15, 0.2) is 48.0 Å².